The zero-order chi connectivity index (χ0) is 53.4. The molecule has 2 amide bonds. The smallest absolute Gasteiger partial charge is 0.389 e. The van der Waals surface area contributed by atoms with Crippen molar-refractivity contribution in [1.82, 2.24) is 30.2 Å². The van der Waals surface area contributed by atoms with Crippen LogP contribution < -0.4 is 16.4 Å². The first kappa shape index (κ1) is 62.3. The Morgan fingerprint density at radius 3 is 2.26 bits per heavy atom. The number of aliphatic hydroxyl groups is 3. The largest absolute Gasteiger partial charge is 0.481 e. The number of thioether (sulfide) groups is 1. The normalized spacial score (nSPS) is 20.6. The van der Waals surface area contributed by atoms with E-state index in [0.29, 0.717) is 31.4 Å². The van der Waals surface area contributed by atoms with Gasteiger partial charge in [0.15, 0.2) is 22.8 Å². The molecule has 0 aliphatic carbocycles. The molecule has 2 aromatic rings. The van der Waals surface area contributed by atoms with Gasteiger partial charge in [0.2, 0.25) is 11.8 Å². The number of allylic oxidation sites excluding steroid dienone is 10. The number of aromatic nitrogens is 4. The molecule has 0 radical (unpaired) electrons. The average molecular weight is 1090 g/mol. The lowest BCUT2D eigenvalue weighted by Gasteiger charge is -2.30. The van der Waals surface area contributed by atoms with Crippen LogP contribution in [0.25, 0.3) is 11.2 Å². The van der Waals surface area contributed by atoms with Crippen LogP contribution in [-0.4, -0.2) is 134 Å². The molecule has 0 saturated carbocycles. The van der Waals surface area contributed by atoms with Crippen LogP contribution >= 0.6 is 35.2 Å². The van der Waals surface area contributed by atoms with Crippen LogP contribution in [0.2, 0.25) is 0 Å². The van der Waals surface area contributed by atoms with Crippen molar-refractivity contribution in [2.75, 3.05) is 37.8 Å². The maximum atomic E-state index is 12.8. The minimum Gasteiger partial charge on any atom is -0.389 e. The van der Waals surface area contributed by atoms with Crippen LogP contribution in [-0.2, 0) is 50.7 Å². The number of rotatable bonds is 33. The Bertz CT molecular complexity index is 2390. The van der Waals surface area contributed by atoms with E-state index in [9.17, 15) is 63.0 Å². The zero-order valence-electron chi connectivity index (χ0n) is 40.0. The number of carbonyl (C=O) groups excluding carboxylic acids is 3. The Hall–Kier alpha value is -4.04. The molecular formula is C43H66N7O18P3S. The van der Waals surface area contributed by atoms with Gasteiger partial charge in [-0.2, -0.15) is 4.31 Å². The highest BCUT2D eigenvalue weighted by molar-refractivity contribution is 8.13. The number of hydrogen-bond donors (Lipinski definition) is 10. The molecule has 11 N–H and O–H groups in total. The van der Waals surface area contributed by atoms with E-state index in [1.807, 2.05) is 36.5 Å². The van der Waals surface area contributed by atoms with Crippen molar-refractivity contribution in [2.24, 2.45) is 5.41 Å². The summed E-state index contributed by atoms with van der Waals surface area (Å²) in [5, 5.41) is 36.6. The summed E-state index contributed by atoms with van der Waals surface area (Å²) in [6.07, 6.45) is 20.9. The second-order valence-electron chi connectivity index (χ2n) is 16.4. The molecule has 1 saturated heterocycles. The summed E-state index contributed by atoms with van der Waals surface area (Å²) in [4.78, 5) is 88.4. The fourth-order valence-corrected chi connectivity index (χ4v) is 9.76. The van der Waals surface area contributed by atoms with Crippen molar-refractivity contribution in [3.63, 3.8) is 0 Å². The lowest BCUT2D eigenvalue weighted by atomic mass is 9.87. The molecule has 0 aromatic carbocycles. The second kappa shape index (κ2) is 31.0. The lowest BCUT2D eigenvalue weighted by Crippen LogP contribution is -2.46. The van der Waals surface area contributed by atoms with Gasteiger partial charge in [0.05, 0.1) is 25.6 Å². The van der Waals surface area contributed by atoms with Gasteiger partial charge in [-0.15, -0.1) is 0 Å². The van der Waals surface area contributed by atoms with Crippen molar-refractivity contribution in [2.45, 2.75) is 109 Å². The molecule has 0 bridgehead atoms. The summed E-state index contributed by atoms with van der Waals surface area (Å²) in [6, 6.07) is 0. The third-order valence-corrected chi connectivity index (χ3v) is 14.0. The van der Waals surface area contributed by atoms with Crippen LogP contribution in [0.15, 0.2) is 85.6 Å². The third-order valence-electron chi connectivity index (χ3n) is 9.96. The predicted octanol–water partition coefficient (Wildman–Crippen LogP) is 4.11. The van der Waals surface area contributed by atoms with Crippen molar-refractivity contribution < 1.29 is 85.6 Å². The quantitative estimate of drug-likeness (QED) is 0.0208. The van der Waals surface area contributed by atoms with Crippen molar-refractivity contribution >= 4 is 69.1 Å². The summed E-state index contributed by atoms with van der Waals surface area (Å²) >= 11 is 1.07. The van der Waals surface area contributed by atoms with Gasteiger partial charge in [0.25, 0.3) is 0 Å². The van der Waals surface area contributed by atoms with Crippen molar-refractivity contribution in [3.05, 3.63) is 85.6 Å². The molecule has 3 heterocycles. The SMILES string of the molecule is CC/C=C/C/C=C/C/C=C/CC(O)/C=C/C=C/C/C=C/CCC(=O)SCCNC(=O)CCNC(=O)C(O)C(C)(C)COP(=O)(O)OP(=O)(O)OCC1OC(n2cnc3c(N)ncnc32)C(O)C1OP(=O)(O)O. The number of nitrogens with one attached hydrogen (secondary N) is 2. The number of aliphatic hydroxyl groups excluding tert-OH is 3. The molecule has 29 heteroatoms. The van der Waals surface area contributed by atoms with E-state index < -0.39 is 90.7 Å². The first-order valence-electron chi connectivity index (χ1n) is 22.6. The van der Waals surface area contributed by atoms with Crippen molar-refractivity contribution in [1.29, 1.82) is 0 Å². The molecule has 402 valence electrons. The molecule has 1 aliphatic rings. The van der Waals surface area contributed by atoms with Crippen molar-refractivity contribution in [3.8, 4) is 0 Å². The maximum absolute atomic E-state index is 12.8. The number of nitrogen functional groups attached to an aromatic ring is 1. The van der Waals surface area contributed by atoms with E-state index in [4.69, 9.17) is 19.5 Å². The van der Waals surface area contributed by atoms with Gasteiger partial charge < -0.3 is 56.0 Å². The molecule has 1 aliphatic heterocycles. The molecule has 25 nitrogen and oxygen atoms in total. The minimum absolute atomic E-state index is 0.0257. The molecule has 8 unspecified atom stereocenters. The van der Waals surface area contributed by atoms with Gasteiger partial charge in [0, 0.05) is 37.1 Å². The number of imidazole rings is 1. The predicted molar refractivity (Wildman–Crippen MR) is 266 cm³/mol. The first-order valence-corrected chi connectivity index (χ1v) is 28.1. The van der Waals surface area contributed by atoms with Crippen LogP contribution in [0.4, 0.5) is 5.82 Å². The van der Waals surface area contributed by atoms with Gasteiger partial charge in [-0.3, -0.25) is 32.5 Å². The van der Waals surface area contributed by atoms with Crippen LogP contribution in [0.1, 0.15) is 78.4 Å². The van der Waals surface area contributed by atoms with E-state index in [2.05, 4.69) is 65.6 Å². The Kier molecular flexibility index (Phi) is 26.8. The summed E-state index contributed by atoms with van der Waals surface area (Å²) in [7, 11) is -16.5. The number of carbonyl (C=O) groups is 3. The number of phosphoric acid groups is 3. The van der Waals surface area contributed by atoms with E-state index in [-0.39, 0.29) is 41.6 Å². The van der Waals surface area contributed by atoms with E-state index in [0.717, 1.165) is 48.2 Å². The number of nitrogens with two attached hydrogens (primary N) is 1. The first-order chi connectivity index (χ1) is 33.9. The Morgan fingerprint density at radius 1 is 0.889 bits per heavy atom. The van der Waals surface area contributed by atoms with Gasteiger partial charge in [-0.1, -0.05) is 105 Å². The number of fused-ring (bicyclic) bond motifs is 1. The summed E-state index contributed by atoms with van der Waals surface area (Å²) in [6.45, 7) is 2.52. The fourth-order valence-electron chi connectivity index (χ4n) is 6.23. The third kappa shape index (κ3) is 23.4. The standard InChI is InChI=1S/C43H66N7O18P3S/c1-4-5-6-7-8-9-11-14-17-20-31(51)21-18-15-12-10-13-16-19-22-34(53)72-26-25-45-33(52)23-24-46-41(56)38(55)43(2,3)28-65-71(62,63)68-70(60,61)64-27-32-37(67-69(57,58)59)36(54)42(66-32)50-30-49-35-39(44)47-29-48-40(35)50/h5-6,8-9,12-18,21,29-32,36-38,42,51,54-55H,4,7,10-11,19-20,22-28H2,1-3H3,(H,45,52)(H,46,56)(H,60,61)(H,62,63)(H2,44,47,48)(H2,57,58,59)/b6-5+,9-8+,15-12+,16-13+,17-14+,21-18+. The Labute approximate surface area is 421 Å². The van der Waals surface area contributed by atoms with Crippen LogP contribution in [0.3, 0.4) is 0 Å². The molecule has 1 fully saturated rings. The number of nitrogens with zero attached hydrogens (tertiary/aromatic N) is 4. The highest BCUT2D eigenvalue weighted by Gasteiger charge is 2.50. The maximum Gasteiger partial charge on any atom is 0.481 e. The molecule has 0 spiro atoms. The highest BCUT2D eigenvalue weighted by Crippen LogP contribution is 2.61. The van der Waals surface area contributed by atoms with Crippen LogP contribution in [0, 0.1) is 5.41 Å². The lowest BCUT2D eigenvalue weighted by molar-refractivity contribution is -0.137. The number of phosphoric ester groups is 3. The summed E-state index contributed by atoms with van der Waals surface area (Å²) in [5.74, 6) is -1.16. The van der Waals surface area contributed by atoms with Crippen LogP contribution in [0.5, 0.6) is 0 Å². The topological polar surface area (TPSA) is 384 Å². The van der Waals surface area contributed by atoms with E-state index in [1.54, 1.807) is 12.2 Å². The van der Waals surface area contributed by atoms with E-state index in [1.165, 1.54) is 13.8 Å². The van der Waals surface area contributed by atoms with Gasteiger partial charge in [-0.25, -0.2) is 28.6 Å². The molecule has 2 aromatic heterocycles. The van der Waals surface area contributed by atoms with Gasteiger partial charge in [-0.05, 0) is 38.5 Å². The number of ether oxygens (including phenoxy) is 1. The van der Waals surface area contributed by atoms with Gasteiger partial charge >= 0.3 is 23.5 Å². The summed E-state index contributed by atoms with van der Waals surface area (Å²) in [5.41, 5.74) is 4.25. The van der Waals surface area contributed by atoms with Gasteiger partial charge in [0.1, 0.15) is 36.3 Å². The Morgan fingerprint density at radius 2 is 1.56 bits per heavy atom. The zero-order valence-corrected chi connectivity index (χ0v) is 43.5. The number of anilines is 1. The number of amides is 2. The average Bonchev–Trinajstić information content (AvgIpc) is 3.87. The van der Waals surface area contributed by atoms with E-state index >= 15 is 0 Å². The molecule has 3 rings (SSSR count). The molecule has 72 heavy (non-hydrogen) atoms. The fraction of sp³-hybridized carbons (Fsp3) is 0.535. The second-order valence-corrected chi connectivity index (χ2v) is 21.8. The minimum atomic E-state index is -5.59. The monoisotopic (exact) mass is 1090 g/mol. The molecular weight excluding hydrogens is 1030 g/mol. The summed E-state index contributed by atoms with van der Waals surface area (Å²) < 4.78 is 62.4. The Balaban J connectivity index is 1.30. The number of hydrogen-bond acceptors (Lipinski definition) is 19. The highest BCUT2D eigenvalue weighted by atomic mass is 32.2. The molecule has 8 atom stereocenters.